The normalized spacial score (nSPS) is 21.2. The first kappa shape index (κ1) is 15.7. The Kier molecular flexibility index (Phi) is 3.63. The molecule has 3 heterocycles. The maximum Gasteiger partial charge on any atom is 0.193 e. The summed E-state index contributed by atoms with van der Waals surface area (Å²) in [5.41, 5.74) is 3.47. The lowest BCUT2D eigenvalue weighted by molar-refractivity contribution is 0.218. The number of halogens is 1. The average molecular weight is 387 g/mol. The molecule has 0 saturated heterocycles. The summed E-state index contributed by atoms with van der Waals surface area (Å²) >= 11 is 9.60. The van der Waals surface area contributed by atoms with Gasteiger partial charge >= 0.3 is 0 Å². The van der Waals surface area contributed by atoms with Gasteiger partial charge in [-0.2, -0.15) is 0 Å². The van der Waals surface area contributed by atoms with Crippen molar-refractivity contribution in [3.8, 4) is 5.75 Å². The van der Waals surface area contributed by atoms with E-state index in [0.717, 1.165) is 36.9 Å². The third kappa shape index (κ3) is 2.42. The molecule has 1 aromatic heterocycles. The molecule has 0 bridgehead atoms. The second-order valence-electron chi connectivity index (χ2n) is 6.67. The summed E-state index contributed by atoms with van der Waals surface area (Å²) in [6.45, 7) is 2.77. The predicted octanol–water partition coefficient (Wildman–Crippen LogP) is 5.47. The minimum atomic E-state index is 0.128. The number of hydrogen-bond acceptors (Lipinski definition) is 4. The molecule has 5 rings (SSSR count). The standard InChI is InChI=1S/C20H15ClO2S2/c1-10-2-5-15-14(6-10)17-11(8-23-15)9-24-20-18(17)19(22)13-4-3-12(21)7-16(13)25-20/h2-7,11,17H,8-9H2,1H3/t11-,17+/m1/s1. The van der Waals surface area contributed by atoms with Gasteiger partial charge < -0.3 is 4.74 Å². The van der Waals surface area contributed by atoms with E-state index >= 15 is 0 Å². The summed E-state index contributed by atoms with van der Waals surface area (Å²) in [7, 11) is 0. The van der Waals surface area contributed by atoms with E-state index < -0.39 is 0 Å². The Labute approximate surface area is 158 Å². The van der Waals surface area contributed by atoms with E-state index in [9.17, 15) is 4.79 Å². The number of ether oxygens (including phenoxy) is 1. The fraction of sp³-hybridized carbons (Fsp3) is 0.250. The highest BCUT2D eigenvalue weighted by molar-refractivity contribution is 8.01. The summed E-state index contributed by atoms with van der Waals surface area (Å²) < 4.78 is 8.08. The van der Waals surface area contributed by atoms with Crippen LogP contribution in [0.25, 0.3) is 10.1 Å². The number of hydrogen-bond donors (Lipinski definition) is 0. The lowest BCUT2D eigenvalue weighted by Gasteiger charge is -2.37. The van der Waals surface area contributed by atoms with E-state index in [2.05, 4.69) is 19.1 Å². The van der Waals surface area contributed by atoms with E-state index in [0.29, 0.717) is 17.5 Å². The minimum absolute atomic E-state index is 0.128. The van der Waals surface area contributed by atoms with Gasteiger partial charge in [-0.3, -0.25) is 4.79 Å². The van der Waals surface area contributed by atoms with Gasteiger partial charge in [-0.05, 0) is 31.2 Å². The van der Waals surface area contributed by atoms with Crippen molar-refractivity contribution in [2.75, 3.05) is 12.4 Å². The Morgan fingerprint density at radius 1 is 1.20 bits per heavy atom. The lowest BCUT2D eigenvalue weighted by Crippen LogP contribution is -2.34. The van der Waals surface area contributed by atoms with Crippen LogP contribution in [0.1, 0.15) is 22.6 Å². The first-order valence-corrected chi connectivity index (χ1v) is 10.4. The number of thioether (sulfide) groups is 1. The average Bonchev–Trinajstić information content (AvgIpc) is 2.60. The molecule has 0 radical (unpaired) electrons. The quantitative estimate of drug-likeness (QED) is 0.512. The van der Waals surface area contributed by atoms with Gasteiger partial charge in [-0.15, -0.1) is 23.1 Å². The molecule has 0 spiro atoms. The lowest BCUT2D eigenvalue weighted by atomic mass is 9.79. The van der Waals surface area contributed by atoms with Crippen LogP contribution in [-0.4, -0.2) is 12.4 Å². The van der Waals surface area contributed by atoms with Crippen LogP contribution in [-0.2, 0) is 0 Å². The van der Waals surface area contributed by atoms with Crippen LogP contribution < -0.4 is 10.2 Å². The molecule has 2 atom stereocenters. The first-order valence-electron chi connectivity index (χ1n) is 8.24. The highest BCUT2D eigenvalue weighted by atomic mass is 35.5. The molecule has 126 valence electrons. The molecule has 25 heavy (non-hydrogen) atoms. The number of fused-ring (bicyclic) bond motifs is 6. The molecule has 0 amide bonds. The van der Waals surface area contributed by atoms with Gasteiger partial charge in [0.15, 0.2) is 5.43 Å². The molecule has 0 fully saturated rings. The summed E-state index contributed by atoms with van der Waals surface area (Å²) in [6, 6.07) is 11.9. The van der Waals surface area contributed by atoms with Gasteiger partial charge in [0.1, 0.15) is 5.75 Å². The maximum atomic E-state index is 13.3. The predicted molar refractivity (Wildman–Crippen MR) is 106 cm³/mol. The van der Waals surface area contributed by atoms with Crippen molar-refractivity contribution in [3.05, 3.63) is 68.3 Å². The first-order chi connectivity index (χ1) is 12.1. The Morgan fingerprint density at radius 3 is 2.96 bits per heavy atom. The highest BCUT2D eigenvalue weighted by Crippen LogP contribution is 2.50. The largest absolute Gasteiger partial charge is 0.493 e. The summed E-state index contributed by atoms with van der Waals surface area (Å²) in [5, 5.41) is 1.45. The van der Waals surface area contributed by atoms with E-state index in [4.69, 9.17) is 16.3 Å². The van der Waals surface area contributed by atoms with Crippen LogP contribution in [0, 0.1) is 12.8 Å². The zero-order valence-electron chi connectivity index (χ0n) is 13.5. The van der Waals surface area contributed by atoms with Crippen molar-refractivity contribution < 1.29 is 4.74 Å². The van der Waals surface area contributed by atoms with Crippen molar-refractivity contribution in [1.82, 2.24) is 0 Å². The Morgan fingerprint density at radius 2 is 2.08 bits per heavy atom. The van der Waals surface area contributed by atoms with Crippen LogP contribution in [0.4, 0.5) is 0 Å². The third-order valence-electron chi connectivity index (χ3n) is 5.02. The molecule has 0 unspecified atom stereocenters. The van der Waals surface area contributed by atoms with Crippen molar-refractivity contribution in [1.29, 1.82) is 0 Å². The molecular formula is C20H15ClO2S2. The number of rotatable bonds is 0. The van der Waals surface area contributed by atoms with Gasteiger partial charge in [0.05, 0.1) is 10.8 Å². The second kappa shape index (κ2) is 5.76. The van der Waals surface area contributed by atoms with Crippen LogP contribution >= 0.6 is 34.7 Å². The Hall–Kier alpha value is -1.49. The van der Waals surface area contributed by atoms with Gasteiger partial charge in [-0.1, -0.05) is 29.3 Å². The molecule has 0 N–H and O–H groups in total. The van der Waals surface area contributed by atoms with Crippen molar-refractivity contribution in [3.63, 3.8) is 0 Å². The SMILES string of the molecule is Cc1ccc2c(c1)[C@H]1c3c(sc4cc(Cl)ccc4c3=O)SC[C@H]1CO2. The van der Waals surface area contributed by atoms with Crippen molar-refractivity contribution in [2.45, 2.75) is 17.1 Å². The minimum Gasteiger partial charge on any atom is -0.493 e. The molecule has 2 nitrogen and oxygen atoms in total. The van der Waals surface area contributed by atoms with Crippen LogP contribution in [0.2, 0.25) is 5.02 Å². The topological polar surface area (TPSA) is 26.3 Å². The molecule has 0 saturated carbocycles. The highest BCUT2D eigenvalue weighted by Gasteiger charge is 2.39. The fourth-order valence-electron chi connectivity index (χ4n) is 3.84. The van der Waals surface area contributed by atoms with E-state index in [1.54, 1.807) is 29.2 Å². The van der Waals surface area contributed by atoms with E-state index in [1.807, 2.05) is 18.2 Å². The summed E-state index contributed by atoms with van der Waals surface area (Å²) in [4.78, 5) is 13.3. The Balaban J connectivity index is 1.81. The maximum absolute atomic E-state index is 13.3. The number of aryl methyl sites for hydroxylation is 1. The van der Waals surface area contributed by atoms with Crippen LogP contribution in [0.5, 0.6) is 5.75 Å². The van der Waals surface area contributed by atoms with Crippen molar-refractivity contribution in [2.24, 2.45) is 5.92 Å². The van der Waals surface area contributed by atoms with Crippen molar-refractivity contribution >= 4 is 44.8 Å². The number of benzene rings is 2. The molecular weight excluding hydrogens is 372 g/mol. The molecule has 2 aliphatic rings. The Bertz CT molecular complexity index is 1070. The fourth-order valence-corrected chi connectivity index (χ4v) is 6.81. The van der Waals surface area contributed by atoms with Gasteiger partial charge in [0.25, 0.3) is 0 Å². The zero-order valence-corrected chi connectivity index (χ0v) is 15.9. The molecule has 5 heteroatoms. The van der Waals surface area contributed by atoms with E-state index in [1.165, 1.54) is 5.56 Å². The molecule has 3 aromatic rings. The monoisotopic (exact) mass is 386 g/mol. The molecule has 2 aliphatic heterocycles. The second-order valence-corrected chi connectivity index (χ2v) is 9.45. The van der Waals surface area contributed by atoms with Crippen LogP contribution in [0.15, 0.2) is 45.4 Å². The zero-order chi connectivity index (χ0) is 17.1. The summed E-state index contributed by atoms with van der Waals surface area (Å²) in [6.07, 6.45) is 0. The smallest absolute Gasteiger partial charge is 0.193 e. The van der Waals surface area contributed by atoms with Gasteiger partial charge in [-0.25, -0.2) is 0 Å². The third-order valence-corrected chi connectivity index (χ3v) is 7.90. The van der Waals surface area contributed by atoms with Crippen LogP contribution in [0.3, 0.4) is 0 Å². The van der Waals surface area contributed by atoms with E-state index in [-0.39, 0.29) is 11.3 Å². The van der Waals surface area contributed by atoms with Gasteiger partial charge in [0, 0.05) is 43.8 Å². The molecule has 2 aromatic carbocycles. The van der Waals surface area contributed by atoms with Gasteiger partial charge in [0.2, 0.25) is 0 Å². The summed E-state index contributed by atoms with van der Waals surface area (Å²) in [5.74, 6) is 2.37. The molecule has 0 aliphatic carbocycles.